The van der Waals surface area contributed by atoms with Crippen molar-refractivity contribution in [3.05, 3.63) is 42.0 Å². The van der Waals surface area contributed by atoms with Gasteiger partial charge < -0.3 is 5.11 Å². The summed E-state index contributed by atoms with van der Waals surface area (Å²) in [6.07, 6.45) is 2.97. The van der Waals surface area contributed by atoms with E-state index in [1.54, 1.807) is 24.3 Å². The van der Waals surface area contributed by atoms with E-state index in [1.807, 2.05) is 12.1 Å². The van der Waals surface area contributed by atoms with Gasteiger partial charge in [0.15, 0.2) is 0 Å². The zero-order valence-electron chi connectivity index (χ0n) is 13.5. The highest BCUT2D eigenvalue weighted by molar-refractivity contribution is 6.26. The highest BCUT2D eigenvalue weighted by Crippen LogP contribution is 2.56. The van der Waals surface area contributed by atoms with E-state index >= 15 is 0 Å². The summed E-state index contributed by atoms with van der Waals surface area (Å²) < 4.78 is 0. The average molecular weight is 335 g/mol. The number of aromatic carboxylic acids is 1. The third-order valence-corrected chi connectivity index (χ3v) is 6.29. The van der Waals surface area contributed by atoms with Crippen molar-refractivity contribution >= 4 is 34.2 Å². The van der Waals surface area contributed by atoms with Gasteiger partial charge in [0.05, 0.1) is 23.1 Å². The van der Waals surface area contributed by atoms with Gasteiger partial charge in [-0.1, -0.05) is 30.3 Å². The Morgan fingerprint density at radius 1 is 0.960 bits per heavy atom. The third kappa shape index (κ3) is 1.81. The first-order valence-corrected chi connectivity index (χ1v) is 8.71. The van der Waals surface area contributed by atoms with Crippen LogP contribution in [0.15, 0.2) is 36.4 Å². The number of carbonyl (C=O) groups is 3. The van der Waals surface area contributed by atoms with E-state index < -0.39 is 5.97 Å². The molecule has 3 fully saturated rings. The molecule has 0 aromatic heterocycles. The molecule has 126 valence electrons. The van der Waals surface area contributed by atoms with Gasteiger partial charge in [0.1, 0.15) is 0 Å². The lowest BCUT2D eigenvalue weighted by molar-refractivity contribution is -0.123. The number of rotatable bonds is 2. The van der Waals surface area contributed by atoms with Crippen LogP contribution in [0.25, 0.3) is 10.8 Å². The molecule has 1 N–H and O–H groups in total. The Labute approximate surface area is 144 Å². The number of benzene rings is 2. The van der Waals surface area contributed by atoms with Crippen molar-refractivity contribution < 1.29 is 19.5 Å². The van der Waals surface area contributed by atoms with Gasteiger partial charge in [-0.2, -0.15) is 0 Å². The largest absolute Gasteiger partial charge is 0.478 e. The van der Waals surface area contributed by atoms with Crippen LogP contribution in [0.5, 0.6) is 0 Å². The Bertz CT molecular complexity index is 922. The van der Waals surface area contributed by atoms with Crippen molar-refractivity contribution in [3.63, 3.8) is 0 Å². The Hall–Kier alpha value is -2.69. The first kappa shape index (κ1) is 14.6. The van der Waals surface area contributed by atoms with Gasteiger partial charge in [0.2, 0.25) is 11.8 Å². The van der Waals surface area contributed by atoms with Crippen molar-refractivity contribution in [2.45, 2.75) is 19.3 Å². The molecule has 2 aromatic rings. The van der Waals surface area contributed by atoms with Gasteiger partial charge in [-0.15, -0.1) is 0 Å². The van der Waals surface area contributed by atoms with Gasteiger partial charge >= 0.3 is 5.97 Å². The number of carbonyl (C=O) groups excluding carboxylic acids is 2. The van der Waals surface area contributed by atoms with Crippen molar-refractivity contribution in [2.24, 2.45) is 23.7 Å². The van der Waals surface area contributed by atoms with E-state index in [1.165, 1.54) is 0 Å². The summed E-state index contributed by atoms with van der Waals surface area (Å²) in [5.74, 6) is -1.47. The Balaban J connectivity index is 1.69. The Morgan fingerprint density at radius 2 is 1.60 bits per heavy atom. The number of fused-ring (bicyclic) bond motifs is 6. The fourth-order valence-corrected chi connectivity index (χ4v) is 5.32. The van der Waals surface area contributed by atoms with Crippen LogP contribution in [0.3, 0.4) is 0 Å². The molecule has 4 unspecified atom stereocenters. The van der Waals surface area contributed by atoms with Crippen LogP contribution in [0.1, 0.15) is 29.6 Å². The molecule has 25 heavy (non-hydrogen) atoms. The van der Waals surface area contributed by atoms with Crippen LogP contribution in [-0.4, -0.2) is 22.9 Å². The number of amides is 2. The number of hydrogen-bond acceptors (Lipinski definition) is 3. The Morgan fingerprint density at radius 3 is 2.24 bits per heavy atom. The van der Waals surface area contributed by atoms with Crippen LogP contribution in [0.2, 0.25) is 0 Å². The van der Waals surface area contributed by atoms with E-state index in [0.717, 1.165) is 29.5 Å². The molecule has 2 bridgehead atoms. The maximum atomic E-state index is 13.0. The monoisotopic (exact) mass is 335 g/mol. The number of carboxylic acids is 1. The number of carboxylic acid groups (broad SMARTS) is 1. The smallest absolute Gasteiger partial charge is 0.338 e. The fraction of sp³-hybridized carbons (Fsp3) is 0.350. The van der Waals surface area contributed by atoms with Crippen LogP contribution < -0.4 is 4.90 Å². The molecule has 2 amide bonds. The van der Waals surface area contributed by atoms with Crippen LogP contribution >= 0.6 is 0 Å². The molecule has 5 nitrogen and oxygen atoms in total. The van der Waals surface area contributed by atoms with Crippen LogP contribution in [-0.2, 0) is 9.59 Å². The second-order valence-electron chi connectivity index (χ2n) is 7.38. The van der Waals surface area contributed by atoms with Crippen molar-refractivity contribution in [2.75, 3.05) is 4.90 Å². The lowest BCUT2D eigenvalue weighted by Crippen LogP contribution is -2.34. The van der Waals surface area contributed by atoms with E-state index in [9.17, 15) is 19.5 Å². The molecule has 2 saturated carbocycles. The second-order valence-corrected chi connectivity index (χ2v) is 7.38. The van der Waals surface area contributed by atoms with Crippen molar-refractivity contribution in [3.8, 4) is 0 Å². The maximum Gasteiger partial charge on any atom is 0.338 e. The summed E-state index contributed by atoms with van der Waals surface area (Å²) in [5.41, 5.74) is 0.252. The molecular weight excluding hydrogens is 318 g/mol. The highest BCUT2D eigenvalue weighted by atomic mass is 16.4. The van der Waals surface area contributed by atoms with Crippen LogP contribution in [0.4, 0.5) is 5.69 Å². The van der Waals surface area contributed by atoms with E-state index in [-0.39, 0.29) is 46.7 Å². The van der Waals surface area contributed by atoms with Gasteiger partial charge in [0, 0.05) is 0 Å². The molecule has 5 heteroatoms. The molecule has 1 aliphatic heterocycles. The van der Waals surface area contributed by atoms with Gasteiger partial charge in [-0.3, -0.25) is 9.59 Å². The number of imide groups is 1. The molecule has 2 aliphatic carbocycles. The van der Waals surface area contributed by atoms with E-state index in [0.29, 0.717) is 5.39 Å². The second kappa shape index (κ2) is 4.91. The molecule has 1 heterocycles. The molecule has 1 saturated heterocycles. The zero-order chi connectivity index (χ0) is 17.3. The normalized spacial score (nSPS) is 30.3. The summed E-state index contributed by atoms with van der Waals surface area (Å²) in [6.45, 7) is 0. The van der Waals surface area contributed by atoms with Gasteiger partial charge in [-0.25, -0.2) is 9.69 Å². The summed E-state index contributed by atoms with van der Waals surface area (Å²) in [6, 6.07) is 10.5. The molecule has 5 rings (SSSR count). The standard InChI is InChI=1S/C20H17NO4/c22-18-15-11-5-6-12(9-11)16(15)19(23)21(18)14-8-7-10-3-1-2-4-13(10)17(14)20(24)25/h1-4,7-8,11-12,15-16H,5-6,9H2,(H,24,25). The lowest BCUT2D eigenvalue weighted by Gasteiger charge is -2.20. The SMILES string of the molecule is O=C(O)c1c(N2C(=O)C3C4CCC(C4)C3C2=O)ccc2ccccc12. The van der Waals surface area contributed by atoms with Crippen molar-refractivity contribution in [1.29, 1.82) is 0 Å². The van der Waals surface area contributed by atoms with Crippen LogP contribution in [0, 0.1) is 23.7 Å². The molecule has 4 atom stereocenters. The summed E-state index contributed by atoms with van der Waals surface area (Å²) in [4.78, 5) is 39.1. The fourth-order valence-electron chi connectivity index (χ4n) is 5.32. The minimum atomic E-state index is -1.12. The van der Waals surface area contributed by atoms with Crippen molar-refractivity contribution in [1.82, 2.24) is 0 Å². The third-order valence-electron chi connectivity index (χ3n) is 6.29. The number of nitrogens with zero attached hydrogens (tertiary/aromatic N) is 1. The molecule has 0 spiro atoms. The van der Waals surface area contributed by atoms with Gasteiger partial charge in [0.25, 0.3) is 0 Å². The topological polar surface area (TPSA) is 74.7 Å². The molecular formula is C20H17NO4. The summed E-state index contributed by atoms with van der Waals surface area (Å²) in [5, 5.41) is 11.1. The molecule has 0 radical (unpaired) electrons. The predicted octanol–water partition coefficient (Wildman–Crippen LogP) is 3.07. The summed E-state index contributed by atoms with van der Waals surface area (Å²) >= 11 is 0. The van der Waals surface area contributed by atoms with Gasteiger partial charge in [-0.05, 0) is 47.9 Å². The first-order valence-electron chi connectivity index (χ1n) is 8.71. The number of anilines is 1. The first-order chi connectivity index (χ1) is 12.1. The average Bonchev–Trinajstić information content (AvgIpc) is 3.28. The zero-order valence-corrected chi connectivity index (χ0v) is 13.5. The quantitative estimate of drug-likeness (QED) is 0.856. The van der Waals surface area contributed by atoms with E-state index in [2.05, 4.69) is 0 Å². The number of hydrogen-bond donors (Lipinski definition) is 1. The molecule has 2 aromatic carbocycles. The van der Waals surface area contributed by atoms with E-state index in [4.69, 9.17) is 0 Å². The predicted molar refractivity (Wildman–Crippen MR) is 91.2 cm³/mol. The highest BCUT2D eigenvalue weighted by Gasteiger charge is 2.61. The lowest BCUT2D eigenvalue weighted by atomic mass is 9.81. The Kier molecular flexibility index (Phi) is 2.87. The summed E-state index contributed by atoms with van der Waals surface area (Å²) in [7, 11) is 0. The minimum Gasteiger partial charge on any atom is -0.478 e. The maximum absolute atomic E-state index is 13.0. The molecule has 3 aliphatic rings. The minimum absolute atomic E-state index is 0.0344.